The summed E-state index contributed by atoms with van der Waals surface area (Å²) in [5.74, 6) is 0.570. The van der Waals surface area contributed by atoms with Gasteiger partial charge in [0.15, 0.2) is 0 Å². The normalized spacial score (nSPS) is 26.4. The zero-order valence-corrected chi connectivity index (χ0v) is 13.2. The van der Waals surface area contributed by atoms with Crippen molar-refractivity contribution in [2.75, 3.05) is 18.8 Å². The molecule has 112 valence electrons. The molecule has 4 rings (SSSR count). The number of aromatic nitrogens is 2. The van der Waals surface area contributed by atoms with E-state index in [1.165, 1.54) is 25.8 Å². The summed E-state index contributed by atoms with van der Waals surface area (Å²) < 4.78 is 2.17. The molecule has 2 aliphatic rings. The van der Waals surface area contributed by atoms with E-state index < -0.39 is 0 Å². The second kappa shape index (κ2) is 5.04. The molecule has 2 fully saturated rings. The highest BCUT2D eigenvalue weighted by molar-refractivity contribution is 6.42. The zero-order valence-electron chi connectivity index (χ0n) is 11.7. The summed E-state index contributed by atoms with van der Waals surface area (Å²) in [4.78, 5) is 7.07. The SMILES string of the molecule is Nc1nc2cc(Cl)c(Cl)cc2n1C1CCN2CCCCC12. The smallest absolute Gasteiger partial charge is 0.201 e. The largest absolute Gasteiger partial charge is 0.369 e. The number of anilines is 1. The van der Waals surface area contributed by atoms with E-state index in [0.717, 1.165) is 24.0 Å². The van der Waals surface area contributed by atoms with Crippen LogP contribution in [0.4, 0.5) is 5.95 Å². The summed E-state index contributed by atoms with van der Waals surface area (Å²) in [6.07, 6.45) is 4.98. The minimum absolute atomic E-state index is 0.396. The molecule has 0 bridgehead atoms. The van der Waals surface area contributed by atoms with Crippen molar-refractivity contribution < 1.29 is 0 Å². The Balaban J connectivity index is 1.82. The lowest BCUT2D eigenvalue weighted by Crippen LogP contribution is -2.37. The molecular weight excluding hydrogens is 307 g/mol. The molecule has 2 N–H and O–H groups in total. The van der Waals surface area contributed by atoms with Gasteiger partial charge in [-0.1, -0.05) is 29.6 Å². The van der Waals surface area contributed by atoms with Gasteiger partial charge in [-0.25, -0.2) is 4.98 Å². The number of imidazole rings is 1. The van der Waals surface area contributed by atoms with Gasteiger partial charge in [-0.05, 0) is 37.9 Å². The number of fused-ring (bicyclic) bond motifs is 2. The molecule has 0 amide bonds. The summed E-state index contributed by atoms with van der Waals surface area (Å²) in [6.45, 7) is 2.36. The van der Waals surface area contributed by atoms with Crippen LogP contribution in [0.2, 0.25) is 10.0 Å². The van der Waals surface area contributed by atoms with Crippen LogP contribution >= 0.6 is 23.2 Å². The van der Waals surface area contributed by atoms with E-state index in [1.54, 1.807) is 6.07 Å². The molecule has 1 aromatic carbocycles. The second-order valence-electron chi connectivity index (χ2n) is 6.05. The fourth-order valence-corrected chi connectivity index (χ4v) is 4.30. The standard InChI is InChI=1S/C15H18Cl2N4/c16-9-7-11-14(8-10(9)17)21(15(18)19-11)13-4-6-20-5-2-1-3-12(13)20/h7-8,12-13H,1-6H2,(H2,18,19). The van der Waals surface area contributed by atoms with Gasteiger partial charge in [0.1, 0.15) is 0 Å². The number of halogens is 2. The Bertz CT molecular complexity index is 697. The first-order chi connectivity index (χ1) is 10.1. The maximum Gasteiger partial charge on any atom is 0.201 e. The van der Waals surface area contributed by atoms with E-state index in [2.05, 4.69) is 14.5 Å². The van der Waals surface area contributed by atoms with Crippen LogP contribution in [0.25, 0.3) is 11.0 Å². The molecule has 3 heterocycles. The molecule has 2 aliphatic heterocycles. The van der Waals surface area contributed by atoms with Crippen molar-refractivity contribution >= 4 is 40.2 Å². The number of piperidine rings is 1. The lowest BCUT2D eigenvalue weighted by molar-refractivity contribution is 0.175. The highest BCUT2D eigenvalue weighted by atomic mass is 35.5. The Morgan fingerprint density at radius 2 is 1.86 bits per heavy atom. The fraction of sp³-hybridized carbons (Fsp3) is 0.533. The van der Waals surface area contributed by atoms with E-state index in [-0.39, 0.29) is 0 Å². The number of nitrogens with zero attached hydrogens (tertiary/aromatic N) is 3. The molecule has 0 spiro atoms. The third-order valence-corrected chi connectivity index (χ3v) is 5.63. The number of hydrogen-bond donors (Lipinski definition) is 1. The van der Waals surface area contributed by atoms with Crippen LogP contribution in [-0.2, 0) is 0 Å². The van der Waals surface area contributed by atoms with E-state index in [4.69, 9.17) is 28.9 Å². The van der Waals surface area contributed by atoms with Gasteiger partial charge < -0.3 is 10.3 Å². The molecule has 2 saturated heterocycles. The highest BCUT2D eigenvalue weighted by Crippen LogP contribution is 2.39. The summed E-state index contributed by atoms with van der Waals surface area (Å²) in [5, 5.41) is 1.09. The van der Waals surface area contributed by atoms with Crippen LogP contribution < -0.4 is 5.73 Å². The maximum atomic E-state index is 6.20. The summed E-state index contributed by atoms with van der Waals surface area (Å²) in [5.41, 5.74) is 8.03. The van der Waals surface area contributed by atoms with E-state index in [1.807, 2.05) is 6.07 Å². The Morgan fingerprint density at radius 1 is 1.05 bits per heavy atom. The Hall–Kier alpha value is -0.970. The molecule has 2 aromatic rings. The van der Waals surface area contributed by atoms with Gasteiger partial charge in [0, 0.05) is 12.6 Å². The average molecular weight is 325 g/mol. The van der Waals surface area contributed by atoms with Gasteiger partial charge in [-0.2, -0.15) is 0 Å². The predicted molar refractivity (Wildman–Crippen MR) is 87.0 cm³/mol. The predicted octanol–water partition coefficient (Wildman–Crippen LogP) is 3.72. The van der Waals surface area contributed by atoms with Crippen molar-refractivity contribution in [3.8, 4) is 0 Å². The first-order valence-corrected chi connectivity index (χ1v) is 8.27. The Labute approximate surface area is 133 Å². The van der Waals surface area contributed by atoms with Crippen molar-refractivity contribution in [2.45, 2.75) is 37.8 Å². The number of nitrogens with two attached hydrogens (primary N) is 1. The lowest BCUT2D eigenvalue weighted by Gasteiger charge is -2.33. The van der Waals surface area contributed by atoms with Crippen LogP contribution in [0, 0.1) is 0 Å². The minimum atomic E-state index is 0.396. The number of hydrogen-bond acceptors (Lipinski definition) is 3. The highest BCUT2D eigenvalue weighted by Gasteiger charge is 2.38. The maximum absolute atomic E-state index is 6.20. The third kappa shape index (κ3) is 2.12. The number of rotatable bonds is 1. The van der Waals surface area contributed by atoms with E-state index >= 15 is 0 Å². The molecule has 2 atom stereocenters. The van der Waals surface area contributed by atoms with Crippen molar-refractivity contribution in [1.29, 1.82) is 0 Å². The molecule has 0 saturated carbocycles. The van der Waals surface area contributed by atoms with Gasteiger partial charge >= 0.3 is 0 Å². The molecule has 2 unspecified atom stereocenters. The Morgan fingerprint density at radius 3 is 2.71 bits per heavy atom. The van der Waals surface area contributed by atoms with Gasteiger partial charge in [-0.3, -0.25) is 4.90 Å². The summed E-state index contributed by atoms with van der Waals surface area (Å²) >= 11 is 12.3. The fourth-order valence-electron chi connectivity index (χ4n) is 3.98. The topological polar surface area (TPSA) is 47.1 Å². The molecule has 21 heavy (non-hydrogen) atoms. The van der Waals surface area contributed by atoms with Crippen molar-refractivity contribution in [2.24, 2.45) is 0 Å². The Kier molecular flexibility index (Phi) is 3.28. The van der Waals surface area contributed by atoms with Crippen LogP contribution in [-0.4, -0.2) is 33.6 Å². The quantitative estimate of drug-likeness (QED) is 0.869. The van der Waals surface area contributed by atoms with Crippen LogP contribution in [0.1, 0.15) is 31.7 Å². The van der Waals surface area contributed by atoms with Gasteiger partial charge in [-0.15, -0.1) is 0 Å². The average Bonchev–Trinajstić information content (AvgIpc) is 3.00. The first kappa shape index (κ1) is 13.7. The second-order valence-corrected chi connectivity index (χ2v) is 6.86. The van der Waals surface area contributed by atoms with Crippen LogP contribution in [0.3, 0.4) is 0 Å². The van der Waals surface area contributed by atoms with Gasteiger partial charge in [0.25, 0.3) is 0 Å². The van der Waals surface area contributed by atoms with Gasteiger partial charge in [0.2, 0.25) is 5.95 Å². The van der Waals surface area contributed by atoms with E-state index in [0.29, 0.717) is 28.1 Å². The lowest BCUT2D eigenvalue weighted by atomic mass is 9.99. The van der Waals surface area contributed by atoms with Crippen molar-refractivity contribution in [1.82, 2.24) is 14.5 Å². The number of benzene rings is 1. The summed E-state index contributed by atoms with van der Waals surface area (Å²) in [6, 6.07) is 4.67. The van der Waals surface area contributed by atoms with Crippen molar-refractivity contribution in [3.05, 3.63) is 22.2 Å². The zero-order chi connectivity index (χ0) is 14.6. The molecule has 4 nitrogen and oxygen atoms in total. The van der Waals surface area contributed by atoms with E-state index in [9.17, 15) is 0 Å². The third-order valence-electron chi connectivity index (χ3n) is 4.91. The minimum Gasteiger partial charge on any atom is -0.369 e. The molecule has 6 heteroatoms. The summed E-state index contributed by atoms with van der Waals surface area (Å²) in [7, 11) is 0. The molecule has 0 radical (unpaired) electrons. The van der Waals surface area contributed by atoms with Crippen LogP contribution in [0.15, 0.2) is 12.1 Å². The van der Waals surface area contributed by atoms with Crippen molar-refractivity contribution in [3.63, 3.8) is 0 Å². The number of nitrogen functional groups attached to an aromatic ring is 1. The molecule has 0 aliphatic carbocycles. The molecular formula is C15H18Cl2N4. The monoisotopic (exact) mass is 324 g/mol. The molecule has 1 aromatic heterocycles. The first-order valence-electron chi connectivity index (χ1n) is 7.51. The van der Waals surface area contributed by atoms with Gasteiger partial charge in [0.05, 0.1) is 27.1 Å². The van der Waals surface area contributed by atoms with Crippen LogP contribution in [0.5, 0.6) is 0 Å².